The van der Waals surface area contributed by atoms with E-state index in [2.05, 4.69) is 10.6 Å². The summed E-state index contributed by atoms with van der Waals surface area (Å²) in [5, 5.41) is 5.34. The minimum atomic E-state index is -0.268. The first kappa shape index (κ1) is 20.8. The van der Waals surface area contributed by atoms with E-state index in [9.17, 15) is 9.59 Å². The molecule has 0 spiro atoms. The average Bonchev–Trinajstić information content (AvgIpc) is 2.77. The third kappa shape index (κ3) is 5.81. The van der Waals surface area contributed by atoms with Crippen molar-refractivity contribution in [3.8, 4) is 23.0 Å². The highest BCUT2D eigenvalue weighted by Gasteiger charge is 2.08. The highest BCUT2D eigenvalue weighted by molar-refractivity contribution is 5.92. The lowest BCUT2D eigenvalue weighted by molar-refractivity contribution is -0.115. The fraction of sp³-hybridized carbons (Fsp3) is 0.0909. The molecule has 0 atom stereocenters. The number of para-hydroxylation sites is 2. The minimum absolute atomic E-state index is 0.0800. The number of rotatable bonds is 8. The fourth-order valence-corrected chi connectivity index (χ4v) is 2.51. The second-order valence-electron chi connectivity index (χ2n) is 6.20. The first-order chi connectivity index (χ1) is 14.6. The molecule has 8 nitrogen and oxygen atoms in total. The molecule has 3 aromatic rings. The number of carbonyl (C=O) groups is 2. The molecule has 0 unspecified atom stereocenters. The van der Waals surface area contributed by atoms with Gasteiger partial charge < -0.3 is 31.6 Å². The number of hydrogen-bond acceptors (Lipinski definition) is 6. The molecular formula is C22H22N4O4. The van der Waals surface area contributed by atoms with Crippen LogP contribution in [0.2, 0.25) is 0 Å². The largest absolute Gasteiger partial charge is 0.453 e. The minimum Gasteiger partial charge on any atom is -0.453 e. The maximum Gasteiger partial charge on any atom is 0.238 e. The lowest BCUT2D eigenvalue weighted by atomic mass is 10.2. The van der Waals surface area contributed by atoms with Gasteiger partial charge in [0.25, 0.3) is 0 Å². The van der Waals surface area contributed by atoms with E-state index >= 15 is 0 Å². The van der Waals surface area contributed by atoms with Crippen molar-refractivity contribution in [2.45, 2.75) is 0 Å². The van der Waals surface area contributed by atoms with E-state index in [0.29, 0.717) is 34.4 Å². The number of amides is 2. The van der Waals surface area contributed by atoms with Crippen molar-refractivity contribution in [3.05, 3.63) is 72.8 Å². The Kier molecular flexibility index (Phi) is 6.99. The number of ether oxygens (including phenoxy) is 2. The summed E-state index contributed by atoms with van der Waals surface area (Å²) in [6, 6.07) is 21.1. The highest BCUT2D eigenvalue weighted by atomic mass is 16.5. The van der Waals surface area contributed by atoms with Gasteiger partial charge in [-0.1, -0.05) is 12.1 Å². The van der Waals surface area contributed by atoms with Crippen molar-refractivity contribution in [1.82, 2.24) is 0 Å². The molecule has 0 fully saturated rings. The topological polar surface area (TPSA) is 129 Å². The Hall–Kier alpha value is -3.88. The zero-order valence-corrected chi connectivity index (χ0v) is 16.1. The molecule has 0 heterocycles. The number of anilines is 2. The molecule has 30 heavy (non-hydrogen) atoms. The van der Waals surface area contributed by atoms with Gasteiger partial charge in [-0.05, 0) is 60.7 Å². The van der Waals surface area contributed by atoms with Gasteiger partial charge >= 0.3 is 0 Å². The van der Waals surface area contributed by atoms with Crippen LogP contribution in [0.4, 0.5) is 11.4 Å². The molecule has 0 aromatic heterocycles. The predicted octanol–water partition coefficient (Wildman–Crippen LogP) is 3.07. The summed E-state index contributed by atoms with van der Waals surface area (Å²) in [5.41, 5.74) is 11.8. The predicted molar refractivity (Wildman–Crippen MR) is 115 cm³/mol. The van der Waals surface area contributed by atoms with Crippen molar-refractivity contribution in [1.29, 1.82) is 0 Å². The van der Waals surface area contributed by atoms with E-state index in [-0.39, 0.29) is 24.9 Å². The van der Waals surface area contributed by atoms with Gasteiger partial charge in [0.05, 0.1) is 13.1 Å². The van der Waals surface area contributed by atoms with Gasteiger partial charge in [-0.2, -0.15) is 0 Å². The smallest absolute Gasteiger partial charge is 0.238 e. The molecule has 0 aliphatic carbocycles. The van der Waals surface area contributed by atoms with Gasteiger partial charge in [0.15, 0.2) is 11.5 Å². The van der Waals surface area contributed by atoms with Crippen LogP contribution in [0.1, 0.15) is 0 Å². The van der Waals surface area contributed by atoms with Crippen LogP contribution in [-0.2, 0) is 9.59 Å². The van der Waals surface area contributed by atoms with Crippen LogP contribution >= 0.6 is 0 Å². The van der Waals surface area contributed by atoms with E-state index in [1.165, 1.54) is 0 Å². The Balaban J connectivity index is 1.69. The van der Waals surface area contributed by atoms with E-state index in [0.717, 1.165) is 0 Å². The Morgan fingerprint density at radius 3 is 1.33 bits per heavy atom. The molecule has 0 saturated carbocycles. The van der Waals surface area contributed by atoms with Crippen LogP contribution in [0.15, 0.2) is 72.8 Å². The van der Waals surface area contributed by atoms with Crippen LogP contribution in [0, 0.1) is 0 Å². The molecule has 3 aromatic carbocycles. The molecule has 3 rings (SSSR count). The van der Waals surface area contributed by atoms with Gasteiger partial charge in [-0.25, -0.2) is 0 Å². The monoisotopic (exact) mass is 406 g/mol. The van der Waals surface area contributed by atoms with E-state index in [4.69, 9.17) is 20.9 Å². The Morgan fingerprint density at radius 1 is 0.633 bits per heavy atom. The third-order valence-electron chi connectivity index (χ3n) is 3.95. The van der Waals surface area contributed by atoms with Crippen molar-refractivity contribution in [3.63, 3.8) is 0 Å². The lowest BCUT2D eigenvalue weighted by Crippen LogP contribution is -2.21. The molecule has 0 aliphatic heterocycles. The third-order valence-corrected chi connectivity index (χ3v) is 3.95. The van der Waals surface area contributed by atoms with Crippen molar-refractivity contribution >= 4 is 23.2 Å². The summed E-state index contributed by atoms with van der Waals surface area (Å²) in [6.45, 7) is -0.160. The standard InChI is InChI=1S/C22H22N4O4/c23-13-21(27)25-15-5-9-17(10-6-15)29-19-3-1-2-4-20(19)30-18-11-7-16(8-12-18)26-22(28)14-24/h1-12H,13-14,23-24H2,(H,25,27)(H,26,28). The van der Waals surface area contributed by atoms with Gasteiger partial charge in [-0.15, -0.1) is 0 Å². The van der Waals surface area contributed by atoms with Gasteiger partial charge in [0.1, 0.15) is 11.5 Å². The highest BCUT2D eigenvalue weighted by Crippen LogP contribution is 2.35. The van der Waals surface area contributed by atoms with E-state index in [1.54, 1.807) is 60.7 Å². The molecule has 0 radical (unpaired) electrons. The van der Waals surface area contributed by atoms with Gasteiger partial charge in [-0.3, -0.25) is 9.59 Å². The zero-order valence-electron chi connectivity index (χ0n) is 16.1. The number of carbonyl (C=O) groups excluding carboxylic acids is 2. The SMILES string of the molecule is NCC(=O)Nc1ccc(Oc2ccccc2Oc2ccc(NC(=O)CN)cc2)cc1. The molecule has 2 amide bonds. The maximum atomic E-state index is 11.4. The normalized spacial score (nSPS) is 10.2. The quantitative estimate of drug-likeness (QED) is 0.455. The van der Waals surface area contributed by atoms with Crippen molar-refractivity contribution in [2.24, 2.45) is 11.5 Å². The molecule has 6 N–H and O–H groups in total. The summed E-state index contributed by atoms with van der Waals surface area (Å²) >= 11 is 0. The Labute approximate surface area is 173 Å². The average molecular weight is 406 g/mol. The van der Waals surface area contributed by atoms with Crippen LogP contribution in [0.5, 0.6) is 23.0 Å². The van der Waals surface area contributed by atoms with E-state index in [1.807, 2.05) is 12.1 Å². The Morgan fingerprint density at radius 2 is 1.00 bits per heavy atom. The number of nitrogens with one attached hydrogen (secondary N) is 2. The maximum absolute atomic E-state index is 11.4. The summed E-state index contributed by atoms with van der Waals surface area (Å²) in [5.74, 6) is 1.67. The zero-order chi connectivity index (χ0) is 21.3. The summed E-state index contributed by atoms with van der Waals surface area (Å²) in [4.78, 5) is 22.7. The number of nitrogens with two attached hydrogens (primary N) is 2. The van der Waals surface area contributed by atoms with E-state index < -0.39 is 0 Å². The molecular weight excluding hydrogens is 384 g/mol. The molecule has 8 heteroatoms. The number of benzene rings is 3. The fourth-order valence-electron chi connectivity index (χ4n) is 2.51. The molecule has 0 aliphatic rings. The second kappa shape index (κ2) is 10.1. The number of hydrogen-bond donors (Lipinski definition) is 4. The summed E-state index contributed by atoms with van der Waals surface area (Å²) < 4.78 is 11.9. The van der Waals surface area contributed by atoms with Crippen molar-refractivity contribution < 1.29 is 19.1 Å². The first-order valence-corrected chi connectivity index (χ1v) is 9.22. The van der Waals surface area contributed by atoms with Crippen LogP contribution < -0.4 is 31.6 Å². The van der Waals surface area contributed by atoms with Crippen LogP contribution in [-0.4, -0.2) is 24.9 Å². The summed E-state index contributed by atoms with van der Waals surface area (Å²) in [7, 11) is 0. The second-order valence-corrected chi connectivity index (χ2v) is 6.20. The van der Waals surface area contributed by atoms with Gasteiger partial charge in [0.2, 0.25) is 11.8 Å². The van der Waals surface area contributed by atoms with Gasteiger partial charge in [0, 0.05) is 11.4 Å². The lowest BCUT2D eigenvalue weighted by Gasteiger charge is -2.13. The molecule has 0 saturated heterocycles. The molecule has 0 bridgehead atoms. The van der Waals surface area contributed by atoms with Crippen LogP contribution in [0.3, 0.4) is 0 Å². The Bertz CT molecular complexity index is 922. The van der Waals surface area contributed by atoms with Crippen molar-refractivity contribution in [2.75, 3.05) is 23.7 Å². The summed E-state index contributed by atoms with van der Waals surface area (Å²) in [6.07, 6.45) is 0. The first-order valence-electron chi connectivity index (χ1n) is 9.22. The molecule has 154 valence electrons. The van der Waals surface area contributed by atoms with Crippen LogP contribution in [0.25, 0.3) is 0 Å².